The third kappa shape index (κ3) is 64.2. The largest absolute Gasteiger partial charge is 0.462 e. The number of esters is 3. The Bertz CT molecular complexity index is 1350. The number of rotatable bonds is 64. The summed E-state index contributed by atoms with van der Waals surface area (Å²) >= 11 is 0. The van der Waals surface area contributed by atoms with Gasteiger partial charge in [0.1, 0.15) is 13.2 Å². The van der Waals surface area contributed by atoms with E-state index in [-0.39, 0.29) is 31.1 Å². The van der Waals surface area contributed by atoms with E-state index in [9.17, 15) is 14.4 Å². The highest BCUT2D eigenvalue weighted by Crippen LogP contribution is 2.18. The number of carbonyl (C=O) groups is 3. The van der Waals surface area contributed by atoms with Crippen LogP contribution in [0.1, 0.15) is 374 Å². The topological polar surface area (TPSA) is 78.9 Å². The van der Waals surface area contributed by atoms with Crippen LogP contribution in [-0.4, -0.2) is 37.2 Å². The summed E-state index contributed by atoms with van der Waals surface area (Å²) in [4.78, 5) is 38.2. The molecule has 0 rings (SSSR count). The lowest BCUT2D eigenvalue weighted by atomic mass is 10.0. The molecule has 0 saturated heterocycles. The van der Waals surface area contributed by atoms with Crippen molar-refractivity contribution in [2.45, 2.75) is 380 Å². The SMILES string of the molecule is CCCC/C=C\C/C=C\CCCCCCCC(=O)OC(COC(=O)CCCCCCCCCCCCC)COC(=O)CCCCCCCCCCCCCCCCCCCCCCCCC/C=C\C/C=C\CCCCCCC. The summed E-state index contributed by atoms with van der Waals surface area (Å²) in [5, 5.41) is 0. The molecule has 0 amide bonds. The van der Waals surface area contributed by atoms with Crippen molar-refractivity contribution in [1.82, 2.24) is 0 Å². The van der Waals surface area contributed by atoms with Crippen molar-refractivity contribution in [3.63, 3.8) is 0 Å². The lowest BCUT2D eigenvalue weighted by Gasteiger charge is -2.18. The molecule has 1 unspecified atom stereocenters. The molecule has 6 heteroatoms. The van der Waals surface area contributed by atoms with Gasteiger partial charge in [0.2, 0.25) is 0 Å². The normalized spacial score (nSPS) is 12.3. The van der Waals surface area contributed by atoms with Gasteiger partial charge in [0.15, 0.2) is 6.10 Å². The van der Waals surface area contributed by atoms with Gasteiger partial charge in [0.05, 0.1) is 0 Å². The predicted octanol–water partition coefficient (Wildman–Crippen LogP) is 23.7. The number of hydrogen-bond donors (Lipinski definition) is 0. The summed E-state index contributed by atoms with van der Waals surface area (Å²) < 4.78 is 16.9. The molecule has 0 aromatic rings. The van der Waals surface area contributed by atoms with E-state index in [1.54, 1.807) is 0 Å². The van der Waals surface area contributed by atoms with Gasteiger partial charge < -0.3 is 14.2 Å². The van der Waals surface area contributed by atoms with E-state index < -0.39 is 6.10 Å². The van der Waals surface area contributed by atoms with Crippen molar-refractivity contribution in [3.8, 4) is 0 Å². The Balaban J connectivity index is 4.01. The molecule has 0 aliphatic carbocycles. The molecule has 0 spiro atoms. The third-order valence-electron chi connectivity index (χ3n) is 15.6. The van der Waals surface area contributed by atoms with Gasteiger partial charge in [0.25, 0.3) is 0 Å². The highest BCUT2D eigenvalue weighted by molar-refractivity contribution is 5.71. The Morgan fingerprint density at radius 1 is 0.256 bits per heavy atom. The fourth-order valence-electron chi connectivity index (χ4n) is 10.3. The van der Waals surface area contributed by atoms with Crippen LogP contribution in [-0.2, 0) is 28.6 Å². The van der Waals surface area contributed by atoms with E-state index in [1.165, 1.54) is 244 Å². The first kappa shape index (κ1) is 75.4. The molecule has 1 atom stereocenters. The minimum absolute atomic E-state index is 0.0735. The predicted molar refractivity (Wildman–Crippen MR) is 339 cm³/mol. The Morgan fingerprint density at radius 3 is 0.744 bits per heavy atom. The Hall–Kier alpha value is -2.63. The molecule has 0 aliphatic heterocycles. The first-order valence-electron chi connectivity index (χ1n) is 34.6. The fourth-order valence-corrected chi connectivity index (χ4v) is 10.3. The molecular formula is C72H132O6. The number of ether oxygens (including phenoxy) is 3. The van der Waals surface area contributed by atoms with Crippen LogP contribution in [0.4, 0.5) is 0 Å². The van der Waals surface area contributed by atoms with E-state index in [0.717, 1.165) is 89.9 Å². The van der Waals surface area contributed by atoms with Gasteiger partial charge >= 0.3 is 17.9 Å². The summed E-state index contributed by atoms with van der Waals surface area (Å²) in [7, 11) is 0. The molecule has 0 heterocycles. The molecular weight excluding hydrogens is 961 g/mol. The fraction of sp³-hybridized carbons (Fsp3) is 0.847. The first-order chi connectivity index (χ1) is 38.5. The summed E-state index contributed by atoms with van der Waals surface area (Å²) in [5.41, 5.74) is 0. The number of carbonyl (C=O) groups excluding carboxylic acids is 3. The molecule has 0 aromatic heterocycles. The average Bonchev–Trinajstić information content (AvgIpc) is 3.44. The average molecular weight is 1090 g/mol. The summed E-state index contributed by atoms with van der Waals surface area (Å²) in [5.74, 6) is -0.867. The van der Waals surface area contributed by atoms with Crippen molar-refractivity contribution >= 4 is 17.9 Å². The molecule has 6 nitrogen and oxygen atoms in total. The summed E-state index contributed by atoms with van der Waals surface area (Å²) in [6, 6.07) is 0. The minimum Gasteiger partial charge on any atom is -0.462 e. The summed E-state index contributed by atoms with van der Waals surface area (Å²) in [6.07, 6.45) is 84.5. The standard InChI is InChI=1S/C72H132O6/c1-4-7-10-13-16-19-22-24-26-27-28-29-30-31-32-33-34-35-36-37-38-39-40-41-42-43-44-45-46-48-50-53-56-59-62-65-71(74)77-68-69(67-76-70(73)64-61-58-55-52-49-21-18-15-12-9-6-3)78-72(75)66-63-60-57-54-51-47-25-23-20-17-14-11-8-5-2/h14,17,22-25,27-28,69H,4-13,15-16,18-21,26,29-68H2,1-3H3/b17-14-,24-22-,25-23-,28-27-. The molecule has 0 bridgehead atoms. The monoisotopic (exact) mass is 1090 g/mol. The molecule has 78 heavy (non-hydrogen) atoms. The molecule has 0 aromatic carbocycles. The Labute approximate surface area is 486 Å². The maximum atomic E-state index is 12.9. The van der Waals surface area contributed by atoms with Gasteiger partial charge in [-0.3, -0.25) is 14.4 Å². The zero-order valence-electron chi connectivity index (χ0n) is 52.5. The Morgan fingerprint density at radius 2 is 0.474 bits per heavy atom. The van der Waals surface area contributed by atoms with Gasteiger partial charge in [-0.1, -0.05) is 326 Å². The second kappa shape index (κ2) is 66.9. The molecule has 0 saturated carbocycles. The van der Waals surface area contributed by atoms with E-state index in [1.807, 2.05) is 0 Å². The van der Waals surface area contributed by atoms with Gasteiger partial charge in [-0.05, 0) is 77.0 Å². The zero-order chi connectivity index (χ0) is 56.4. The third-order valence-corrected chi connectivity index (χ3v) is 15.6. The van der Waals surface area contributed by atoms with Crippen molar-refractivity contribution in [2.75, 3.05) is 13.2 Å². The molecule has 0 aliphatic rings. The highest BCUT2D eigenvalue weighted by atomic mass is 16.6. The minimum atomic E-state index is -0.776. The molecule has 456 valence electrons. The van der Waals surface area contributed by atoms with Crippen molar-refractivity contribution in [2.24, 2.45) is 0 Å². The van der Waals surface area contributed by atoms with E-state index in [4.69, 9.17) is 14.2 Å². The second-order valence-corrected chi connectivity index (χ2v) is 23.4. The van der Waals surface area contributed by atoms with Crippen LogP contribution >= 0.6 is 0 Å². The quantitative estimate of drug-likeness (QED) is 0.0261. The van der Waals surface area contributed by atoms with Crippen LogP contribution in [0.5, 0.6) is 0 Å². The smallest absolute Gasteiger partial charge is 0.306 e. The van der Waals surface area contributed by atoms with Crippen molar-refractivity contribution < 1.29 is 28.6 Å². The second-order valence-electron chi connectivity index (χ2n) is 23.4. The number of allylic oxidation sites excluding steroid dienone is 8. The lowest BCUT2D eigenvalue weighted by Crippen LogP contribution is -2.30. The molecule has 0 fully saturated rings. The molecule has 0 N–H and O–H groups in total. The van der Waals surface area contributed by atoms with Gasteiger partial charge in [0, 0.05) is 19.3 Å². The number of unbranched alkanes of at least 4 members (excludes halogenated alkanes) is 45. The van der Waals surface area contributed by atoms with Crippen LogP contribution in [0.2, 0.25) is 0 Å². The maximum Gasteiger partial charge on any atom is 0.306 e. The van der Waals surface area contributed by atoms with Gasteiger partial charge in [-0.25, -0.2) is 0 Å². The summed E-state index contributed by atoms with van der Waals surface area (Å²) in [6.45, 7) is 6.62. The zero-order valence-corrected chi connectivity index (χ0v) is 52.5. The molecule has 0 radical (unpaired) electrons. The van der Waals surface area contributed by atoms with Crippen LogP contribution in [0.3, 0.4) is 0 Å². The maximum absolute atomic E-state index is 12.9. The lowest BCUT2D eigenvalue weighted by molar-refractivity contribution is -0.167. The number of hydrogen-bond acceptors (Lipinski definition) is 6. The van der Waals surface area contributed by atoms with E-state index in [0.29, 0.717) is 19.3 Å². The first-order valence-corrected chi connectivity index (χ1v) is 34.6. The van der Waals surface area contributed by atoms with Crippen LogP contribution in [0.15, 0.2) is 48.6 Å². The van der Waals surface area contributed by atoms with Crippen molar-refractivity contribution in [3.05, 3.63) is 48.6 Å². The van der Waals surface area contributed by atoms with E-state index >= 15 is 0 Å². The van der Waals surface area contributed by atoms with E-state index in [2.05, 4.69) is 69.4 Å². The van der Waals surface area contributed by atoms with Crippen molar-refractivity contribution in [1.29, 1.82) is 0 Å². The van der Waals surface area contributed by atoms with Gasteiger partial charge in [-0.2, -0.15) is 0 Å². The highest BCUT2D eigenvalue weighted by Gasteiger charge is 2.19. The van der Waals surface area contributed by atoms with Gasteiger partial charge in [-0.15, -0.1) is 0 Å². The van der Waals surface area contributed by atoms with Crippen LogP contribution in [0, 0.1) is 0 Å². The van der Waals surface area contributed by atoms with Crippen LogP contribution in [0.25, 0.3) is 0 Å². The Kier molecular flexibility index (Phi) is 64.6. The van der Waals surface area contributed by atoms with Crippen LogP contribution < -0.4 is 0 Å².